The first kappa shape index (κ1) is 17.1. The van der Waals surface area contributed by atoms with Crippen LogP contribution in [0, 0.1) is 0 Å². The molecule has 0 aliphatic heterocycles. The van der Waals surface area contributed by atoms with E-state index in [1.165, 1.54) is 0 Å². The standard InChI is InChI=1S/C22H22O3/c23-15-14-20-21(24-16-18-8-3-1-4-9-18)12-7-13-22(20)25-17-19-10-5-2-6-11-19/h1-13,23H,14-17H2. The summed E-state index contributed by atoms with van der Waals surface area (Å²) in [6.45, 7) is 1.02. The fraction of sp³-hybridized carbons (Fsp3) is 0.182. The van der Waals surface area contributed by atoms with Crippen molar-refractivity contribution in [1.82, 2.24) is 0 Å². The maximum atomic E-state index is 9.43. The van der Waals surface area contributed by atoms with Crippen molar-refractivity contribution >= 4 is 0 Å². The largest absolute Gasteiger partial charge is 0.488 e. The lowest BCUT2D eigenvalue weighted by molar-refractivity contribution is 0.267. The summed E-state index contributed by atoms with van der Waals surface area (Å²) >= 11 is 0. The molecule has 25 heavy (non-hydrogen) atoms. The number of ether oxygens (including phenoxy) is 2. The molecule has 128 valence electrons. The first-order chi connectivity index (χ1) is 12.4. The maximum Gasteiger partial charge on any atom is 0.126 e. The molecule has 0 saturated carbocycles. The van der Waals surface area contributed by atoms with Gasteiger partial charge in [-0.15, -0.1) is 0 Å². The van der Waals surface area contributed by atoms with Crippen molar-refractivity contribution in [2.75, 3.05) is 6.61 Å². The molecule has 3 nitrogen and oxygen atoms in total. The van der Waals surface area contributed by atoms with Gasteiger partial charge in [-0.3, -0.25) is 0 Å². The third-order valence-corrected chi connectivity index (χ3v) is 3.93. The molecule has 3 aromatic rings. The fourth-order valence-corrected chi connectivity index (χ4v) is 2.64. The van der Waals surface area contributed by atoms with Crippen molar-refractivity contribution in [3.63, 3.8) is 0 Å². The summed E-state index contributed by atoms with van der Waals surface area (Å²) in [5, 5.41) is 9.43. The van der Waals surface area contributed by atoms with Crippen LogP contribution in [0.2, 0.25) is 0 Å². The Kier molecular flexibility index (Phi) is 6.07. The van der Waals surface area contributed by atoms with Gasteiger partial charge in [0.1, 0.15) is 24.7 Å². The first-order valence-electron chi connectivity index (χ1n) is 8.43. The van der Waals surface area contributed by atoms with Gasteiger partial charge in [-0.25, -0.2) is 0 Å². The predicted molar refractivity (Wildman–Crippen MR) is 98.8 cm³/mol. The Morgan fingerprint density at radius 1 is 0.600 bits per heavy atom. The Labute approximate surface area is 148 Å². The molecule has 0 aromatic heterocycles. The van der Waals surface area contributed by atoms with E-state index >= 15 is 0 Å². The van der Waals surface area contributed by atoms with Crippen LogP contribution in [0.1, 0.15) is 16.7 Å². The Hall–Kier alpha value is -2.78. The quantitative estimate of drug-likeness (QED) is 0.664. The van der Waals surface area contributed by atoms with Crippen LogP contribution in [0.3, 0.4) is 0 Å². The molecule has 0 fully saturated rings. The Bertz CT molecular complexity index is 708. The average Bonchev–Trinajstić information content (AvgIpc) is 2.68. The van der Waals surface area contributed by atoms with Crippen LogP contribution >= 0.6 is 0 Å². The molecule has 3 heteroatoms. The minimum absolute atomic E-state index is 0.0490. The third-order valence-electron chi connectivity index (χ3n) is 3.93. The van der Waals surface area contributed by atoms with Crippen molar-refractivity contribution in [2.45, 2.75) is 19.6 Å². The highest BCUT2D eigenvalue weighted by Gasteiger charge is 2.11. The SMILES string of the molecule is OCCc1c(OCc2ccccc2)cccc1OCc1ccccc1. The second-order valence-electron chi connectivity index (χ2n) is 5.75. The van der Waals surface area contributed by atoms with Gasteiger partial charge in [0.25, 0.3) is 0 Å². The predicted octanol–water partition coefficient (Wildman–Crippen LogP) is 4.38. The number of hydrogen-bond acceptors (Lipinski definition) is 3. The molecule has 0 aliphatic rings. The zero-order valence-corrected chi connectivity index (χ0v) is 14.1. The highest BCUT2D eigenvalue weighted by atomic mass is 16.5. The van der Waals surface area contributed by atoms with Gasteiger partial charge in [-0.1, -0.05) is 66.7 Å². The highest BCUT2D eigenvalue weighted by molar-refractivity contribution is 5.45. The van der Waals surface area contributed by atoms with Crippen LogP contribution in [0.15, 0.2) is 78.9 Å². The van der Waals surface area contributed by atoms with E-state index in [0.717, 1.165) is 28.2 Å². The zero-order chi connectivity index (χ0) is 17.3. The average molecular weight is 334 g/mol. The lowest BCUT2D eigenvalue weighted by atomic mass is 10.1. The number of benzene rings is 3. The van der Waals surface area contributed by atoms with Crippen LogP contribution in [0.25, 0.3) is 0 Å². The van der Waals surface area contributed by atoms with Crippen molar-refractivity contribution in [2.24, 2.45) is 0 Å². The molecular weight excluding hydrogens is 312 g/mol. The summed E-state index contributed by atoms with van der Waals surface area (Å²) in [7, 11) is 0. The topological polar surface area (TPSA) is 38.7 Å². The van der Waals surface area contributed by atoms with Gasteiger partial charge >= 0.3 is 0 Å². The van der Waals surface area contributed by atoms with Gasteiger partial charge in [0.15, 0.2) is 0 Å². The van der Waals surface area contributed by atoms with E-state index in [1.807, 2.05) is 78.9 Å². The van der Waals surface area contributed by atoms with Crippen molar-refractivity contribution in [3.05, 3.63) is 95.6 Å². The van der Waals surface area contributed by atoms with E-state index in [9.17, 15) is 5.11 Å². The lowest BCUT2D eigenvalue weighted by Gasteiger charge is -2.16. The molecular formula is C22H22O3. The minimum atomic E-state index is 0.0490. The summed E-state index contributed by atoms with van der Waals surface area (Å²) in [5.41, 5.74) is 3.11. The normalized spacial score (nSPS) is 10.4. The molecule has 0 aliphatic carbocycles. The fourth-order valence-electron chi connectivity index (χ4n) is 2.64. The van der Waals surface area contributed by atoms with Crippen molar-refractivity contribution < 1.29 is 14.6 Å². The molecule has 0 unspecified atom stereocenters. The summed E-state index contributed by atoms with van der Waals surface area (Å²) in [5.74, 6) is 1.51. The maximum absolute atomic E-state index is 9.43. The molecule has 0 saturated heterocycles. The van der Waals surface area contributed by atoms with E-state index in [4.69, 9.17) is 9.47 Å². The van der Waals surface area contributed by atoms with E-state index in [2.05, 4.69) is 0 Å². The minimum Gasteiger partial charge on any atom is -0.488 e. The zero-order valence-electron chi connectivity index (χ0n) is 14.1. The van der Waals surface area contributed by atoms with Crippen molar-refractivity contribution in [3.8, 4) is 11.5 Å². The Morgan fingerprint density at radius 3 is 1.52 bits per heavy atom. The molecule has 0 heterocycles. The van der Waals surface area contributed by atoms with Crippen LogP contribution in [0.5, 0.6) is 11.5 Å². The second-order valence-corrected chi connectivity index (χ2v) is 5.75. The number of aliphatic hydroxyl groups excluding tert-OH is 1. The van der Waals surface area contributed by atoms with Gasteiger partial charge in [0.05, 0.1) is 0 Å². The molecule has 1 N–H and O–H groups in total. The van der Waals surface area contributed by atoms with Gasteiger partial charge in [-0.05, 0) is 23.3 Å². The van der Waals surface area contributed by atoms with E-state index in [0.29, 0.717) is 19.6 Å². The van der Waals surface area contributed by atoms with Crippen LogP contribution in [-0.2, 0) is 19.6 Å². The second kappa shape index (κ2) is 8.90. The Morgan fingerprint density at radius 2 is 1.08 bits per heavy atom. The monoisotopic (exact) mass is 334 g/mol. The van der Waals surface area contributed by atoms with Gasteiger partial charge < -0.3 is 14.6 Å². The van der Waals surface area contributed by atoms with Crippen LogP contribution < -0.4 is 9.47 Å². The molecule has 0 spiro atoms. The molecule has 0 atom stereocenters. The van der Waals surface area contributed by atoms with Crippen LogP contribution in [0.4, 0.5) is 0 Å². The summed E-state index contributed by atoms with van der Waals surface area (Å²) in [6, 6.07) is 25.8. The van der Waals surface area contributed by atoms with Crippen LogP contribution in [-0.4, -0.2) is 11.7 Å². The Balaban J connectivity index is 1.74. The molecule has 0 bridgehead atoms. The van der Waals surface area contributed by atoms with Gasteiger partial charge in [-0.2, -0.15) is 0 Å². The number of aliphatic hydroxyl groups is 1. The van der Waals surface area contributed by atoms with Gasteiger partial charge in [0.2, 0.25) is 0 Å². The molecule has 0 amide bonds. The smallest absolute Gasteiger partial charge is 0.126 e. The molecule has 3 rings (SSSR count). The molecule has 0 radical (unpaired) electrons. The first-order valence-corrected chi connectivity index (χ1v) is 8.43. The van der Waals surface area contributed by atoms with Gasteiger partial charge in [0, 0.05) is 18.6 Å². The summed E-state index contributed by atoms with van der Waals surface area (Å²) in [6.07, 6.45) is 0.495. The van der Waals surface area contributed by atoms with Crippen molar-refractivity contribution in [1.29, 1.82) is 0 Å². The molecule has 3 aromatic carbocycles. The lowest BCUT2D eigenvalue weighted by Crippen LogP contribution is -2.04. The summed E-state index contributed by atoms with van der Waals surface area (Å²) < 4.78 is 12.0. The van der Waals surface area contributed by atoms with E-state index < -0.39 is 0 Å². The highest BCUT2D eigenvalue weighted by Crippen LogP contribution is 2.30. The number of hydrogen-bond donors (Lipinski definition) is 1. The van der Waals surface area contributed by atoms with E-state index in [1.54, 1.807) is 0 Å². The van der Waals surface area contributed by atoms with E-state index in [-0.39, 0.29) is 6.61 Å². The number of rotatable bonds is 8. The summed E-state index contributed by atoms with van der Waals surface area (Å²) in [4.78, 5) is 0. The third kappa shape index (κ3) is 4.85.